The summed E-state index contributed by atoms with van der Waals surface area (Å²) in [7, 11) is 0. The average molecular weight is 525 g/mol. The van der Waals surface area contributed by atoms with Crippen molar-refractivity contribution in [1.29, 1.82) is 0 Å². The molecule has 0 bridgehead atoms. The molecule has 10 N–H and O–H groups in total. The smallest absolute Gasteiger partial charge is 0.330 e. The van der Waals surface area contributed by atoms with E-state index >= 15 is 0 Å². The molecule has 2 aromatic heterocycles. The second-order valence-electron chi connectivity index (χ2n) is 8.55. The van der Waals surface area contributed by atoms with Crippen LogP contribution in [-0.4, -0.2) is 87.4 Å². The van der Waals surface area contributed by atoms with Gasteiger partial charge in [-0.3, -0.25) is 24.1 Å². The SMILES string of the molecule is C[C@@H]([C@H](N)C(=O)NC(C(=O)O)[C@H]1O[C@@H](n2cc(CO)c(=O)[nH]c2=O)[C@H](O)[C@@H]1O)[C@H](O)c1ccc(O)cn1. The van der Waals surface area contributed by atoms with Gasteiger partial charge in [0.25, 0.3) is 5.56 Å². The predicted molar refractivity (Wildman–Crippen MR) is 121 cm³/mol. The van der Waals surface area contributed by atoms with Gasteiger partial charge in [-0.05, 0) is 12.1 Å². The first kappa shape index (κ1) is 27.9. The fraction of sp³-hybridized carbons (Fsp3) is 0.476. The molecule has 16 nitrogen and oxygen atoms in total. The van der Waals surface area contributed by atoms with Crippen LogP contribution in [0.15, 0.2) is 34.1 Å². The Kier molecular flexibility index (Phi) is 8.42. The Balaban J connectivity index is 1.79. The number of aromatic nitrogens is 3. The number of aliphatic carboxylic acids is 1. The standard InChI is InChI=1S/C21H27N5O11/c1-7(13(29)10-3-2-9(28)4-23-10)11(22)18(33)24-12(20(34)35)16-14(30)15(31)19(37-16)26-5-8(6-27)17(32)25-21(26)36/h2-5,7,11-16,19,27-31H,6,22H2,1H3,(H,24,33)(H,34,35)(H,25,32,36)/t7-,11-,12?,13-,14-,15+,16+,19+/m0/s1. The topological polar surface area (TPSA) is 271 Å². The van der Waals surface area contributed by atoms with E-state index in [1.165, 1.54) is 19.1 Å². The summed E-state index contributed by atoms with van der Waals surface area (Å²) in [5.41, 5.74) is 3.79. The minimum Gasteiger partial charge on any atom is -0.506 e. The molecule has 3 rings (SSSR count). The summed E-state index contributed by atoms with van der Waals surface area (Å²) in [6, 6.07) is -0.852. The molecule has 2 aromatic rings. The lowest BCUT2D eigenvalue weighted by molar-refractivity contribution is -0.149. The van der Waals surface area contributed by atoms with E-state index in [2.05, 4.69) is 10.3 Å². The molecular weight excluding hydrogens is 498 g/mol. The van der Waals surface area contributed by atoms with Crippen molar-refractivity contribution >= 4 is 11.9 Å². The molecule has 37 heavy (non-hydrogen) atoms. The number of carbonyl (C=O) groups is 2. The maximum atomic E-state index is 12.8. The van der Waals surface area contributed by atoms with Gasteiger partial charge in [0.2, 0.25) is 5.91 Å². The molecule has 202 valence electrons. The minimum atomic E-state index is -1.96. The third-order valence-corrected chi connectivity index (χ3v) is 6.09. The van der Waals surface area contributed by atoms with Gasteiger partial charge >= 0.3 is 11.7 Å². The van der Waals surface area contributed by atoms with Crippen molar-refractivity contribution in [2.24, 2.45) is 11.7 Å². The highest BCUT2D eigenvalue weighted by molar-refractivity contribution is 5.87. The molecule has 0 aromatic carbocycles. The summed E-state index contributed by atoms with van der Waals surface area (Å²) in [5, 5.41) is 61.8. The first-order valence-electron chi connectivity index (χ1n) is 11.0. The number of hydrogen-bond donors (Lipinski definition) is 9. The van der Waals surface area contributed by atoms with E-state index < -0.39 is 78.4 Å². The summed E-state index contributed by atoms with van der Waals surface area (Å²) in [6.07, 6.45) is -6.63. The zero-order valence-corrected chi connectivity index (χ0v) is 19.3. The van der Waals surface area contributed by atoms with E-state index in [0.29, 0.717) is 4.57 Å². The molecule has 0 aliphatic carbocycles. The molecule has 3 heterocycles. The Morgan fingerprint density at radius 1 is 1.27 bits per heavy atom. The highest BCUT2D eigenvalue weighted by Crippen LogP contribution is 2.31. The third kappa shape index (κ3) is 5.68. The number of hydrogen-bond acceptors (Lipinski definition) is 12. The van der Waals surface area contributed by atoms with Gasteiger partial charge in [-0.1, -0.05) is 6.92 Å². The Morgan fingerprint density at radius 2 is 1.95 bits per heavy atom. The monoisotopic (exact) mass is 525 g/mol. The van der Waals surface area contributed by atoms with Crippen LogP contribution in [0.3, 0.4) is 0 Å². The summed E-state index contributed by atoms with van der Waals surface area (Å²) in [5.74, 6) is -3.86. The quantitative estimate of drug-likeness (QED) is 0.151. The van der Waals surface area contributed by atoms with Gasteiger partial charge in [0.1, 0.15) is 30.2 Å². The van der Waals surface area contributed by atoms with E-state index in [0.717, 1.165) is 12.4 Å². The number of rotatable bonds is 9. The molecule has 0 saturated carbocycles. The first-order valence-corrected chi connectivity index (χ1v) is 11.0. The number of ether oxygens (including phenoxy) is 1. The second kappa shape index (κ2) is 11.2. The molecule has 1 aliphatic rings. The lowest BCUT2D eigenvalue weighted by Crippen LogP contribution is -2.57. The van der Waals surface area contributed by atoms with Crippen LogP contribution in [0, 0.1) is 5.92 Å². The lowest BCUT2D eigenvalue weighted by Gasteiger charge is -2.28. The normalized spacial score (nSPS) is 24.7. The molecule has 8 atom stereocenters. The Labute approximate surface area is 207 Å². The van der Waals surface area contributed by atoms with Crippen molar-refractivity contribution in [3.8, 4) is 5.75 Å². The van der Waals surface area contributed by atoms with Crippen LogP contribution in [0.4, 0.5) is 0 Å². The number of carboxylic acid groups (broad SMARTS) is 1. The molecule has 0 radical (unpaired) electrons. The summed E-state index contributed by atoms with van der Waals surface area (Å²) < 4.78 is 6.09. The van der Waals surface area contributed by atoms with E-state index in [-0.39, 0.29) is 17.0 Å². The van der Waals surface area contributed by atoms with Crippen molar-refractivity contribution in [3.05, 3.63) is 56.6 Å². The number of aromatic hydroxyl groups is 1. The van der Waals surface area contributed by atoms with E-state index in [1.807, 2.05) is 4.98 Å². The summed E-state index contributed by atoms with van der Waals surface area (Å²) in [6.45, 7) is 0.640. The number of aliphatic hydroxyl groups excluding tert-OH is 4. The van der Waals surface area contributed by atoms with Gasteiger partial charge in [-0.15, -0.1) is 0 Å². The number of amides is 1. The maximum Gasteiger partial charge on any atom is 0.330 e. The van der Waals surface area contributed by atoms with Gasteiger partial charge in [-0.2, -0.15) is 0 Å². The van der Waals surface area contributed by atoms with E-state index in [9.17, 15) is 49.8 Å². The second-order valence-corrected chi connectivity index (χ2v) is 8.55. The van der Waals surface area contributed by atoms with Crippen LogP contribution in [0.25, 0.3) is 0 Å². The molecule has 1 unspecified atom stereocenters. The van der Waals surface area contributed by atoms with Gasteiger partial charge in [-0.25, -0.2) is 9.59 Å². The Hall–Kier alpha value is -3.67. The van der Waals surface area contributed by atoms with Crippen LogP contribution in [0.1, 0.15) is 30.5 Å². The summed E-state index contributed by atoms with van der Waals surface area (Å²) in [4.78, 5) is 54.4. The molecule has 1 aliphatic heterocycles. The van der Waals surface area contributed by atoms with Crippen molar-refractivity contribution in [3.63, 3.8) is 0 Å². The van der Waals surface area contributed by atoms with Crippen molar-refractivity contribution in [2.75, 3.05) is 0 Å². The lowest BCUT2D eigenvalue weighted by atomic mass is 9.92. The van der Waals surface area contributed by atoms with Gasteiger partial charge < -0.3 is 46.4 Å². The zero-order valence-electron chi connectivity index (χ0n) is 19.3. The molecule has 1 amide bonds. The van der Waals surface area contributed by atoms with Gasteiger partial charge in [0, 0.05) is 12.1 Å². The van der Waals surface area contributed by atoms with Crippen molar-refractivity contribution in [1.82, 2.24) is 19.9 Å². The number of nitrogens with one attached hydrogen (secondary N) is 2. The van der Waals surface area contributed by atoms with Crippen molar-refractivity contribution in [2.45, 2.75) is 56.3 Å². The average Bonchev–Trinajstić information content (AvgIpc) is 3.15. The van der Waals surface area contributed by atoms with Crippen LogP contribution in [0.2, 0.25) is 0 Å². The van der Waals surface area contributed by atoms with Gasteiger partial charge in [0.05, 0.1) is 30.1 Å². The number of carboxylic acids is 1. The molecule has 1 fully saturated rings. The number of carbonyl (C=O) groups excluding carboxylic acids is 1. The molecule has 16 heteroatoms. The highest BCUT2D eigenvalue weighted by Gasteiger charge is 2.50. The Morgan fingerprint density at radius 3 is 2.51 bits per heavy atom. The molecule has 0 spiro atoms. The van der Waals surface area contributed by atoms with Crippen LogP contribution in [0.5, 0.6) is 5.75 Å². The number of aromatic amines is 1. The largest absolute Gasteiger partial charge is 0.506 e. The first-order chi connectivity index (χ1) is 17.4. The van der Waals surface area contributed by atoms with Crippen LogP contribution >= 0.6 is 0 Å². The fourth-order valence-corrected chi connectivity index (χ4v) is 3.83. The van der Waals surface area contributed by atoms with Crippen LogP contribution in [-0.2, 0) is 20.9 Å². The van der Waals surface area contributed by atoms with Crippen molar-refractivity contribution < 1.29 is 45.0 Å². The Bertz CT molecular complexity index is 1250. The predicted octanol–water partition coefficient (Wildman–Crippen LogP) is -3.98. The number of nitrogens with zero attached hydrogens (tertiary/aromatic N) is 2. The molecule has 1 saturated heterocycles. The summed E-state index contributed by atoms with van der Waals surface area (Å²) >= 11 is 0. The van der Waals surface area contributed by atoms with Crippen LogP contribution < -0.4 is 22.3 Å². The fourth-order valence-electron chi connectivity index (χ4n) is 3.83. The van der Waals surface area contributed by atoms with E-state index in [1.54, 1.807) is 0 Å². The number of H-pyrrole nitrogens is 1. The zero-order chi connectivity index (χ0) is 27.6. The third-order valence-electron chi connectivity index (χ3n) is 6.09. The number of aliphatic hydroxyl groups is 4. The maximum absolute atomic E-state index is 12.8. The number of pyridine rings is 1. The minimum absolute atomic E-state index is 0.0949. The highest BCUT2D eigenvalue weighted by atomic mass is 16.6. The van der Waals surface area contributed by atoms with E-state index in [4.69, 9.17) is 10.5 Å². The van der Waals surface area contributed by atoms with Gasteiger partial charge in [0.15, 0.2) is 12.3 Å². The number of nitrogens with two attached hydrogens (primary N) is 1. The molecular formula is C21H27N5O11.